The number of hydrogen-bond acceptors (Lipinski definition) is 2. The number of nitrogens with two attached hydrogens (primary N) is 1. The Morgan fingerprint density at radius 1 is 1.29 bits per heavy atom. The van der Waals surface area contributed by atoms with Crippen LogP contribution in [0.4, 0.5) is 0 Å². The van der Waals surface area contributed by atoms with Crippen LogP contribution in [0.15, 0.2) is 35.2 Å². The van der Waals surface area contributed by atoms with Crippen LogP contribution in [-0.4, -0.2) is 14.2 Å². The molecule has 1 unspecified atom stereocenters. The highest BCUT2D eigenvalue weighted by molar-refractivity contribution is 8.68. The van der Waals surface area contributed by atoms with Gasteiger partial charge in [0.25, 0.3) is 0 Å². The second-order valence-electron chi connectivity index (χ2n) is 2.95. The number of fused-ring (bicyclic) bond motifs is 1. The predicted octanol–water partition coefficient (Wildman–Crippen LogP) is 0.894. The maximum Gasteiger partial charge on any atom is 0.389 e. The van der Waals surface area contributed by atoms with Crippen LogP contribution in [0.1, 0.15) is 5.56 Å². The van der Waals surface area contributed by atoms with Crippen LogP contribution < -0.4 is 5.14 Å². The Bertz CT molecular complexity index is 479. The fraction of sp³-hybridized carbons (Fsp3) is 0.111. The van der Waals surface area contributed by atoms with Crippen molar-refractivity contribution < 1.29 is 8.42 Å². The lowest BCUT2D eigenvalue weighted by Crippen LogP contribution is -2.28. The lowest BCUT2D eigenvalue weighted by Gasteiger charge is -2.09. The molecule has 2 rings (SSSR count). The molecule has 0 amide bonds. The van der Waals surface area contributed by atoms with E-state index in [0.717, 1.165) is 10.5 Å². The molecule has 1 aliphatic rings. The van der Waals surface area contributed by atoms with Gasteiger partial charge < -0.3 is 0 Å². The van der Waals surface area contributed by atoms with E-state index in [0.29, 0.717) is 5.75 Å². The number of rotatable bonds is 1. The van der Waals surface area contributed by atoms with Crippen LogP contribution in [-0.2, 0) is 19.0 Å². The molecule has 74 valence electrons. The van der Waals surface area contributed by atoms with Crippen molar-refractivity contribution in [3.05, 3.63) is 35.9 Å². The Labute approximate surface area is 85.4 Å². The van der Waals surface area contributed by atoms with Gasteiger partial charge in [0.05, 0.1) is 0 Å². The average Bonchev–Trinajstić information content (AvgIpc) is 2.15. The summed E-state index contributed by atoms with van der Waals surface area (Å²) in [7, 11) is -4.34. The zero-order valence-corrected chi connectivity index (χ0v) is 9.01. The van der Waals surface area contributed by atoms with Crippen molar-refractivity contribution in [1.29, 1.82) is 0 Å². The summed E-state index contributed by atoms with van der Waals surface area (Å²) in [6.45, 7) is 0. The van der Waals surface area contributed by atoms with Gasteiger partial charge in [0.2, 0.25) is 0 Å². The second-order valence-corrected chi connectivity index (χ2v) is 8.00. The largest absolute Gasteiger partial charge is 0.389 e. The molecule has 0 spiro atoms. The van der Waals surface area contributed by atoms with Crippen LogP contribution in [0.5, 0.6) is 0 Å². The Kier molecular flexibility index (Phi) is 2.38. The van der Waals surface area contributed by atoms with Crippen molar-refractivity contribution in [2.75, 3.05) is 5.75 Å². The lowest BCUT2D eigenvalue weighted by molar-refractivity contribution is 0.611. The minimum Gasteiger partial charge on any atom is -0.187 e. The van der Waals surface area contributed by atoms with E-state index in [-0.39, 0.29) is 0 Å². The highest BCUT2D eigenvalue weighted by Gasteiger charge is 2.37. The minimum atomic E-state index is -3.46. The molecule has 1 atom stereocenters. The lowest BCUT2D eigenvalue weighted by atomic mass is 10.2. The predicted molar refractivity (Wildman–Crippen MR) is 59.1 cm³/mol. The van der Waals surface area contributed by atoms with Crippen molar-refractivity contribution in [3.63, 3.8) is 0 Å². The maximum atomic E-state index is 11.3. The summed E-state index contributed by atoms with van der Waals surface area (Å²) in [5, 5.41) is 5.18. The molecule has 1 aromatic carbocycles. The van der Waals surface area contributed by atoms with Crippen LogP contribution in [0.3, 0.4) is 0 Å². The third-order valence-corrected chi connectivity index (χ3v) is 6.54. The van der Waals surface area contributed by atoms with E-state index in [9.17, 15) is 8.42 Å². The highest BCUT2D eigenvalue weighted by atomic mass is 33.2. The zero-order valence-electron chi connectivity index (χ0n) is 7.38. The number of benzene rings is 1. The van der Waals surface area contributed by atoms with Gasteiger partial charge in [0, 0.05) is 5.56 Å². The molecule has 5 heteroatoms. The molecule has 0 aliphatic carbocycles. The molecule has 1 aromatic rings. The van der Waals surface area contributed by atoms with Gasteiger partial charge in [0.15, 0.2) is 20.6 Å². The molecular formula is C9H10NO2S2+. The van der Waals surface area contributed by atoms with Crippen molar-refractivity contribution in [1.82, 2.24) is 0 Å². The summed E-state index contributed by atoms with van der Waals surface area (Å²) < 4.78 is 22.6. The summed E-state index contributed by atoms with van der Waals surface area (Å²) in [6, 6.07) is 7.45. The first-order valence-corrected chi connectivity index (χ1v) is 7.54. The quantitative estimate of drug-likeness (QED) is 0.573. The Balaban J connectivity index is 2.57. The molecule has 3 nitrogen and oxygen atoms in total. The van der Waals surface area contributed by atoms with Crippen LogP contribution in [0.2, 0.25) is 0 Å². The number of hydrogen-bond donors (Lipinski definition) is 1. The van der Waals surface area contributed by atoms with Crippen molar-refractivity contribution in [3.8, 4) is 0 Å². The molecule has 1 heterocycles. The molecule has 14 heavy (non-hydrogen) atoms. The molecule has 0 saturated heterocycles. The average molecular weight is 228 g/mol. The first kappa shape index (κ1) is 9.76. The van der Waals surface area contributed by atoms with Crippen molar-refractivity contribution >= 4 is 25.1 Å². The van der Waals surface area contributed by atoms with E-state index in [1.165, 1.54) is 0 Å². The second kappa shape index (κ2) is 3.42. The normalized spacial score (nSPS) is 20.5. The molecule has 2 N–H and O–H groups in total. The first-order valence-electron chi connectivity index (χ1n) is 4.09. The molecular weight excluding hydrogens is 218 g/mol. The van der Waals surface area contributed by atoms with Gasteiger partial charge in [-0.25, -0.2) is 0 Å². The van der Waals surface area contributed by atoms with Gasteiger partial charge in [-0.15, -0.1) is 0 Å². The zero-order chi connectivity index (χ0) is 10.2. The van der Waals surface area contributed by atoms with Crippen LogP contribution in [0, 0.1) is 0 Å². The van der Waals surface area contributed by atoms with Gasteiger partial charge in [-0.3, -0.25) is 0 Å². The molecule has 1 aliphatic heterocycles. The fourth-order valence-corrected chi connectivity index (χ4v) is 4.93. The minimum absolute atomic E-state index is 0.496. The molecule has 0 aromatic heterocycles. The van der Waals surface area contributed by atoms with Gasteiger partial charge in [-0.2, -0.15) is 13.6 Å². The van der Waals surface area contributed by atoms with E-state index >= 15 is 0 Å². The van der Waals surface area contributed by atoms with E-state index < -0.39 is 19.0 Å². The Morgan fingerprint density at radius 3 is 2.71 bits per heavy atom. The van der Waals surface area contributed by atoms with Gasteiger partial charge in [-0.1, -0.05) is 12.1 Å². The van der Waals surface area contributed by atoms with Gasteiger partial charge in [0.1, 0.15) is 0 Å². The fourth-order valence-electron chi connectivity index (χ4n) is 1.40. The topological polar surface area (TPSA) is 60.2 Å². The molecule has 0 saturated carbocycles. The SMILES string of the molecule is NS(=O)(=O)[S+]1CC=Cc2ccccc21. The van der Waals surface area contributed by atoms with E-state index in [4.69, 9.17) is 5.14 Å². The maximum absolute atomic E-state index is 11.3. The van der Waals surface area contributed by atoms with Crippen molar-refractivity contribution in [2.45, 2.75) is 4.90 Å². The van der Waals surface area contributed by atoms with E-state index in [1.54, 1.807) is 0 Å². The monoisotopic (exact) mass is 228 g/mol. The molecule has 0 bridgehead atoms. The van der Waals surface area contributed by atoms with E-state index in [2.05, 4.69) is 0 Å². The van der Waals surface area contributed by atoms with Crippen molar-refractivity contribution in [2.24, 2.45) is 5.14 Å². The van der Waals surface area contributed by atoms with Crippen LogP contribution in [0.25, 0.3) is 6.08 Å². The Hall–Kier alpha value is -0.780. The summed E-state index contributed by atoms with van der Waals surface area (Å²) in [5.41, 5.74) is 0.955. The summed E-state index contributed by atoms with van der Waals surface area (Å²) >= 11 is 0. The summed E-state index contributed by atoms with van der Waals surface area (Å²) in [6.07, 6.45) is 3.79. The summed E-state index contributed by atoms with van der Waals surface area (Å²) in [5.74, 6) is 0.496. The molecule has 0 fully saturated rings. The third-order valence-electron chi connectivity index (χ3n) is 1.99. The highest BCUT2D eigenvalue weighted by Crippen LogP contribution is 2.27. The smallest absolute Gasteiger partial charge is 0.187 e. The Morgan fingerprint density at radius 2 is 2.00 bits per heavy atom. The molecule has 0 radical (unpaired) electrons. The first-order chi connectivity index (χ1) is 6.59. The van der Waals surface area contributed by atoms with E-state index in [1.807, 2.05) is 36.4 Å². The van der Waals surface area contributed by atoms with Crippen LogP contribution >= 0.6 is 0 Å². The standard InChI is InChI=1S/C9H10NO2S2/c10-14(11,12)13-7-3-5-8-4-1-2-6-9(8)13/h1-6H,7H2,(H2,10,11,12)/q+1. The third kappa shape index (κ3) is 1.70. The van der Waals surface area contributed by atoms with Gasteiger partial charge in [-0.05, 0) is 24.3 Å². The summed E-state index contributed by atoms with van der Waals surface area (Å²) in [4.78, 5) is 0.831. The van der Waals surface area contributed by atoms with Gasteiger partial charge >= 0.3 is 9.06 Å².